The van der Waals surface area contributed by atoms with E-state index < -0.39 is 16.0 Å². The summed E-state index contributed by atoms with van der Waals surface area (Å²) in [6.45, 7) is 8.38. The van der Waals surface area contributed by atoms with Gasteiger partial charge in [0, 0.05) is 13.1 Å². The van der Waals surface area contributed by atoms with Crippen molar-refractivity contribution in [2.24, 2.45) is 5.92 Å². The first-order valence-electron chi connectivity index (χ1n) is 6.96. The maximum absolute atomic E-state index is 12.9. The minimum atomic E-state index is -3.69. The second-order valence-corrected chi connectivity index (χ2v) is 7.79. The van der Waals surface area contributed by atoms with Crippen molar-refractivity contribution < 1.29 is 17.9 Å². The third-order valence-corrected chi connectivity index (χ3v) is 6.79. The fraction of sp³-hybridized carbons (Fsp3) is 0.643. The maximum atomic E-state index is 12.9. The van der Waals surface area contributed by atoms with Crippen molar-refractivity contribution in [3.8, 4) is 0 Å². The van der Waals surface area contributed by atoms with Gasteiger partial charge in [0.05, 0.1) is 7.11 Å². The number of carbonyl (C=O) groups excluding carboxylic acids is 1. The molecule has 0 amide bonds. The molecule has 120 valence electrons. The molecule has 5 nitrogen and oxygen atoms in total. The number of rotatable bonds is 7. The van der Waals surface area contributed by atoms with Crippen LogP contribution in [0.1, 0.15) is 42.4 Å². The molecular weight excluding hydrogens is 310 g/mol. The van der Waals surface area contributed by atoms with Gasteiger partial charge in [-0.15, -0.1) is 11.3 Å². The standard InChI is InChI=1S/C14H23NO4S2/c1-6-10(3)8-15(7-2)21(17,18)13-11(4)9-20-12(13)14(16)19-5/h9-10H,6-8H2,1-5H3. The van der Waals surface area contributed by atoms with Gasteiger partial charge < -0.3 is 4.74 Å². The zero-order valence-electron chi connectivity index (χ0n) is 13.2. The molecule has 0 aliphatic heterocycles. The smallest absolute Gasteiger partial charge is 0.349 e. The summed E-state index contributed by atoms with van der Waals surface area (Å²) in [5.41, 5.74) is 0.586. The number of nitrogens with zero attached hydrogens (tertiary/aromatic N) is 1. The molecule has 21 heavy (non-hydrogen) atoms. The highest BCUT2D eigenvalue weighted by molar-refractivity contribution is 7.89. The monoisotopic (exact) mass is 333 g/mol. The summed E-state index contributed by atoms with van der Waals surface area (Å²) < 4.78 is 31.8. The Balaban J connectivity index is 3.29. The Morgan fingerprint density at radius 2 is 2.05 bits per heavy atom. The number of ether oxygens (including phenoxy) is 1. The summed E-state index contributed by atoms with van der Waals surface area (Å²) in [6.07, 6.45) is 0.901. The molecule has 1 rings (SSSR count). The summed E-state index contributed by atoms with van der Waals surface area (Å²) in [5.74, 6) is -0.341. The molecule has 1 atom stereocenters. The number of hydrogen-bond donors (Lipinski definition) is 0. The van der Waals surface area contributed by atoms with E-state index in [0.717, 1.165) is 17.8 Å². The van der Waals surface area contributed by atoms with E-state index in [9.17, 15) is 13.2 Å². The van der Waals surface area contributed by atoms with E-state index in [-0.39, 0.29) is 15.7 Å². The van der Waals surface area contributed by atoms with Gasteiger partial charge in [-0.3, -0.25) is 0 Å². The van der Waals surface area contributed by atoms with Crippen molar-refractivity contribution in [3.05, 3.63) is 15.8 Å². The molecular formula is C14H23NO4S2. The van der Waals surface area contributed by atoms with Crippen molar-refractivity contribution in [2.45, 2.75) is 39.0 Å². The number of thiophene rings is 1. The predicted octanol–water partition coefficient (Wildman–Crippen LogP) is 2.90. The summed E-state index contributed by atoms with van der Waals surface area (Å²) >= 11 is 1.11. The quantitative estimate of drug-likeness (QED) is 0.720. The molecule has 0 aliphatic rings. The van der Waals surface area contributed by atoms with E-state index in [4.69, 9.17) is 0 Å². The lowest BCUT2D eigenvalue weighted by Crippen LogP contribution is -2.35. The Morgan fingerprint density at radius 3 is 2.52 bits per heavy atom. The zero-order valence-corrected chi connectivity index (χ0v) is 14.8. The van der Waals surface area contributed by atoms with E-state index in [2.05, 4.69) is 4.74 Å². The van der Waals surface area contributed by atoms with Crippen LogP contribution < -0.4 is 0 Å². The van der Waals surface area contributed by atoms with Crippen LogP contribution in [-0.2, 0) is 14.8 Å². The van der Waals surface area contributed by atoms with Crippen molar-refractivity contribution in [3.63, 3.8) is 0 Å². The first kappa shape index (κ1) is 18.1. The van der Waals surface area contributed by atoms with Crippen molar-refractivity contribution in [1.82, 2.24) is 4.31 Å². The molecule has 0 bridgehead atoms. The number of sulfonamides is 1. The second kappa shape index (κ2) is 7.38. The van der Waals surface area contributed by atoms with Crippen LogP contribution >= 0.6 is 11.3 Å². The summed E-state index contributed by atoms with van der Waals surface area (Å²) in [5, 5.41) is 1.68. The van der Waals surface area contributed by atoms with Crippen LogP contribution in [0.2, 0.25) is 0 Å². The average Bonchev–Trinajstić information content (AvgIpc) is 2.85. The van der Waals surface area contributed by atoms with Gasteiger partial charge in [0.25, 0.3) is 0 Å². The van der Waals surface area contributed by atoms with E-state index in [1.54, 1.807) is 19.2 Å². The number of carbonyl (C=O) groups is 1. The molecule has 0 aromatic carbocycles. The van der Waals surface area contributed by atoms with Gasteiger partial charge in [0.15, 0.2) is 0 Å². The van der Waals surface area contributed by atoms with E-state index in [1.807, 2.05) is 13.8 Å². The minimum Gasteiger partial charge on any atom is -0.465 e. The number of hydrogen-bond acceptors (Lipinski definition) is 5. The van der Waals surface area contributed by atoms with Crippen LogP contribution in [0.15, 0.2) is 10.3 Å². The molecule has 0 fully saturated rings. The minimum absolute atomic E-state index is 0.0875. The first-order valence-corrected chi connectivity index (χ1v) is 9.28. The van der Waals surface area contributed by atoms with Gasteiger partial charge in [0.1, 0.15) is 9.77 Å². The molecule has 1 aromatic rings. The highest BCUT2D eigenvalue weighted by Crippen LogP contribution is 2.30. The Morgan fingerprint density at radius 1 is 1.43 bits per heavy atom. The van der Waals surface area contributed by atoms with E-state index >= 15 is 0 Å². The van der Waals surface area contributed by atoms with Gasteiger partial charge in [-0.2, -0.15) is 4.31 Å². The fourth-order valence-electron chi connectivity index (χ4n) is 1.99. The second-order valence-electron chi connectivity index (χ2n) is 5.04. The predicted molar refractivity (Wildman–Crippen MR) is 84.3 cm³/mol. The van der Waals surface area contributed by atoms with Gasteiger partial charge in [-0.05, 0) is 23.8 Å². The highest BCUT2D eigenvalue weighted by atomic mass is 32.2. The molecule has 0 aliphatic carbocycles. The lowest BCUT2D eigenvalue weighted by atomic mass is 10.1. The van der Waals surface area contributed by atoms with Crippen LogP contribution in [0.3, 0.4) is 0 Å². The van der Waals surface area contributed by atoms with Gasteiger partial charge in [0.2, 0.25) is 10.0 Å². The summed E-state index contributed by atoms with van der Waals surface area (Å²) in [6, 6.07) is 0. The summed E-state index contributed by atoms with van der Waals surface area (Å²) in [7, 11) is -2.43. The Kier molecular flexibility index (Phi) is 6.37. The van der Waals surface area contributed by atoms with Crippen molar-refractivity contribution >= 4 is 27.3 Å². The fourth-order valence-corrected chi connectivity index (χ4v) is 5.22. The number of esters is 1. The van der Waals surface area contributed by atoms with Crippen LogP contribution in [-0.4, -0.2) is 38.9 Å². The zero-order chi connectivity index (χ0) is 16.2. The van der Waals surface area contributed by atoms with Gasteiger partial charge in [-0.25, -0.2) is 13.2 Å². The third kappa shape index (κ3) is 3.84. The molecule has 1 heterocycles. The number of aryl methyl sites for hydroxylation is 1. The van der Waals surface area contributed by atoms with Gasteiger partial charge in [-0.1, -0.05) is 27.2 Å². The largest absolute Gasteiger partial charge is 0.465 e. The van der Waals surface area contributed by atoms with E-state index in [0.29, 0.717) is 18.7 Å². The van der Waals surface area contributed by atoms with E-state index in [1.165, 1.54) is 11.4 Å². The topological polar surface area (TPSA) is 63.7 Å². The van der Waals surface area contributed by atoms with Gasteiger partial charge >= 0.3 is 5.97 Å². The molecule has 0 radical (unpaired) electrons. The molecule has 0 spiro atoms. The van der Waals surface area contributed by atoms with Crippen molar-refractivity contribution in [2.75, 3.05) is 20.2 Å². The van der Waals surface area contributed by atoms with Crippen LogP contribution in [0.25, 0.3) is 0 Å². The average molecular weight is 333 g/mol. The van der Waals surface area contributed by atoms with Crippen LogP contribution in [0.5, 0.6) is 0 Å². The summed E-state index contributed by atoms with van der Waals surface area (Å²) in [4.78, 5) is 12.0. The Bertz CT molecular complexity index is 592. The van der Waals surface area contributed by atoms with Crippen LogP contribution in [0.4, 0.5) is 0 Å². The lowest BCUT2D eigenvalue weighted by Gasteiger charge is -2.24. The lowest BCUT2D eigenvalue weighted by molar-refractivity contribution is 0.0602. The Hall–Kier alpha value is -0.920. The van der Waals surface area contributed by atoms with Crippen LogP contribution in [0, 0.1) is 12.8 Å². The molecule has 0 saturated heterocycles. The Labute approximate surface area is 131 Å². The number of methoxy groups -OCH3 is 1. The SMILES string of the molecule is CCC(C)CN(CC)S(=O)(=O)c1c(C)csc1C(=O)OC. The normalized spacial score (nSPS) is 13.4. The molecule has 0 N–H and O–H groups in total. The molecule has 1 aromatic heterocycles. The van der Waals surface area contributed by atoms with Crippen molar-refractivity contribution in [1.29, 1.82) is 0 Å². The molecule has 1 unspecified atom stereocenters. The first-order chi connectivity index (χ1) is 9.79. The third-order valence-electron chi connectivity index (χ3n) is 3.45. The highest BCUT2D eigenvalue weighted by Gasteiger charge is 2.32. The molecule has 7 heteroatoms. The molecule has 0 saturated carbocycles. The maximum Gasteiger partial charge on any atom is 0.349 e.